The molecule has 2 heteroatoms. The molecule has 0 fully saturated rings. The monoisotopic (exact) mass is 672 g/mol. The highest BCUT2D eigenvalue weighted by Crippen LogP contribution is 2.38. The average Bonchev–Trinajstić information content (AvgIpc) is 3.22. The number of rotatable bonds is 12. The lowest BCUT2D eigenvalue weighted by atomic mass is 10.1. The molecular formula is C50H44N2. The fraction of sp³-hybridized carbons (Fsp3) is 0.0800. The van der Waals surface area contributed by atoms with Crippen LogP contribution in [0.25, 0.3) is 24.3 Å². The van der Waals surface area contributed by atoms with Crippen molar-refractivity contribution in [1.29, 1.82) is 0 Å². The molecule has 0 aliphatic heterocycles. The molecule has 0 radical (unpaired) electrons. The molecule has 0 unspecified atom stereocenters. The number of anilines is 6. The molecule has 0 atom stereocenters. The molecule has 0 saturated carbocycles. The third-order valence-corrected chi connectivity index (χ3v) is 9.43. The Balaban J connectivity index is 1.03. The van der Waals surface area contributed by atoms with Gasteiger partial charge in [-0.05, 0) is 107 Å². The maximum Gasteiger partial charge on any atom is 0.0493 e. The first-order valence-electron chi connectivity index (χ1n) is 18.2. The summed E-state index contributed by atoms with van der Waals surface area (Å²) in [6.07, 6.45) is 10.7. The van der Waals surface area contributed by atoms with Crippen LogP contribution in [0.1, 0.15) is 47.2 Å². The lowest BCUT2D eigenvalue weighted by Crippen LogP contribution is -2.11. The van der Waals surface area contributed by atoms with Gasteiger partial charge in [0.05, 0.1) is 0 Å². The van der Waals surface area contributed by atoms with Crippen molar-refractivity contribution in [2.24, 2.45) is 0 Å². The summed E-state index contributed by atoms with van der Waals surface area (Å²) in [4.78, 5) is 4.69. The molecule has 7 aromatic rings. The van der Waals surface area contributed by atoms with E-state index in [1.54, 1.807) is 0 Å². The predicted octanol–water partition coefficient (Wildman–Crippen LogP) is 14.1. The van der Waals surface area contributed by atoms with E-state index in [0.717, 1.165) is 46.7 Å². The molecule has 0 aliphatic rings. The Hall–Kier alpha value is -6.38. The number of benzene rings is 7. The minimum atomic E-state index is 0.977. The Morgan fingerprint density at radius 1 is 0.308 bits per heavy atom. The van der Waals surface area contributed by atoms with Crippen LogP contribution in [0.4, 0.5) is 34.1 Å². The van der Waals surface area contributed by atoms with Crippen molar-refractivity contribution in [3.63, 3.8) is 0 Å². The van der Waals surface area contributed by atoms with Crippen molar-refractivity contribution in [3.8, 4) is 0 Å². The predicted molar refractivity (Wildman–Crippen MR) is 225 cm³/mol. The fourth-order valence-corrected chi connectivity index (χ4v) is 6.64. The standard InChI is InChI=1S/C50H44N2/c1-3-43-15-11-13-21-49(43)51(45-17-7-5-8-18-45)47-35-31-41(32-36-47)29-27-39-23-25-40(26-24-39)28-30-42-33-37-48(38-34-42)52(46-19-9-6-10-20-46)50-22-14-12-16-44(50)4-2/h5-38H,3-4H2,1-2H3. The highest BCUT2D eigenvalue weighted by molar-refractivity contribution is 5.81. The van der Waals surface area contributed by atoms with Crippen molar-refractivity contribution < 1.29 is 0 Å². The van der Waals surface area contributed by atoms with Gasteiger partial charge < -0.3 is 9.80 Å². The van der Waals surface area contributed by atoms with Crippen LogP contribution >= 0.6 is 0 Å². The van der Waals surface area contributed by atoms with Crippen molar-refractivity contribution in [3.05, 3.63) is 215 Å². The molecule has 7 aromatic carbocycles. The summed E-state index contributed by atoms with van der Waals surface area (Å²) in [7, 11) is 0. The largest absolute Gasteiger partial charge is 0.310 e. The van der Waals surface area contributed by atoms with Gasteiger partial charge in [0.1, 0.15) is 0 Å². The zero-order valence-corrected chi connectivity index (χ0v) is 29.9. The zero-order valence-electron chi connectivity index (χ0n) is 29.9. The quantitative estimate of drug-likeness (QED) is 0.119. The summed E-state index contributed by atoms with van der Waals surface area (Å²) >= 11 is 0. The normalized spacial score (nSPS) is 11.3. The molecule has 0 amide bonds. The Kier molecular flexibility index (Phi) is 10.8. The van der Waals surface area contributed by atoms with E-state index in [1.165, 1.54) is 33.6 Å². The molecule has 2 nitrogen and oxygen atoms in total. The second kappa shape index (κ2) is 16.6. The second-order valence-electron chi connectivity index (χ2n) is 12.8. The Morgan fingerprint density at radius 3 is 0.904 bits per heavy atom. The summed E-state index contributed by atoms with van der Waals surface area (Å²) in [5.74, 6) is 0. The summed E-state index contributed by atoms with van der Waals surface area (Å²) in [6, 6.07) is 64.9. The molecule has 7 rings (SSSR count). The van der Waals surface area contributed by atoms with Crippen molar-refractivity contribution in [2.45, 2.75) is 26.7 Å². The van der Waals surface area contributed by atoms with Gasteiger partial charge in [0, 0.05) is 34.1 Å². The van der Waals surface area contributed by atoms with Gasteiger partial charge in [-0.2, -0.15) is 0 Å². The number of hydrogen-bond acceptors (Lipinski definition) is 2. The molecule has 0 spiro atoms. The van der Waals surface area contributed by atoms with Crippen LogP contribution < -0.4 is 9.80 Å². The maximum atomic E-state index is 2.35. The van der Waals surface area contributed by atoms with E-state index in [1.807, 2.05) is 0 Å². The number of para-hydroxylation sites is 4. The molecule has 0 bridgehead atoms. The zero-order chi connectivity index (χ0) is 35.5. The first kappa shape index (κ1) is 34.1. The van der Waals surface area contributed by atoms with Gasteiger partial charge in [-0.1, -0.05) is 159 Å². The van der Waals surface area contributed by atoms with Crippen LogP contribution in [0.15, 0.2) is 182 Å². The maximum absolute atomic E-state index is 2.35. The number of aryl methyl sites for hydroxylation is 2. The van der Waals surface area contributed by atoms with Crippen LogP contribution in [0.2, 0.25) is 0 Å². The molecule has 0 aromatic heterocycles. The van der Waals surface area contributed by atoms with Crippen molar-refractivity contribution >= 4 is 58.4 Å². The van der Waals surface area contributed by atoms with Crippen LogP contribution in [-0.4, -0.2) is 0 Å². The molecular weight excluding hydrogens is 629 g/mol. The number of nitrogens with zero attached hydrogens (tertiary/aromatic N) is 2. The summed E-state index contributed by atoms with van der Waals surface area (Å²) in [5.41, 5.74) is 14.3. The first-order chi connectivity index (χ1) is 25.7. The second-order valence-corrected chi connectivity index (χ2v) is 12.8. The van der Waals surface area contributed by atoms with E-state index >= 15 is 0 Å². The molecule has 0 saturated heterocycles. The molecule has 0 N–H and O–H groups in total. The minimum absolute atomic E-state index is 0.977. The molecule has 52 heavy (non-hydrogen) atoms. The van der Waals surface area contributed by atoms with E-state index in [2.05, 4.69) is 230 Å². The Morgan fingerprint density at radius 2 is 0.577 bits per heavy atom. The van der Waals surface area contributed by atoms with E-state index < -0.39 is 0 Å². The molecule has 254 valence electrons. The highest BCUT2D eigenvalue weighted by Gasteiger charge is 2.16. The van der Waals surface area contributed by atoms with Crippen LogP contribution in [0.5, 0.6) is 0 Å². The Labute approximate surface area is 309 Å². The van der Waals surface area contributed by atoms with Crippen molar-refractivity contribution in [1.82, 2.24) is 0 Å². The van der Waals surface area contributed by atoms with E-state index in [4.69, 9.17) is 0 Å². The van der Waals surface area contributed by atoms with Gasteiger partial charge in [0.15, 0.2) is 0 Å². The summed E-state index contributed by atoms with van der Waals surface area (Å²) < 4.78 is 0. The van der Waals surface area contributed by atoms with Gasteiger partial charge in [0.2, 0.25) is 0 Å². The van der Waals surface area contributed by atoms with E-state index in [0.29, 0.717) is 0 Å². The lowest BCUT2D eigenvalue weighted by molar-refractivity contribution is 1.11. The SMILES string of the molecule is CCc1ccccc1N(c1ccccc1)c1ccc(C=Cc2ccc(C=Cc3ccc(N(c4ccccc4)c4ccccc4CC)cc3)cc2)cc1. The number of hydrogen-bond donors (Lipinski definition) is 0. The van der Waals surface area contributed by atoms with Crippen LogP contribution in [0, 0.1) is 0 Å². The van der Waals surface area contributed by atoms with Gasteiger partial charge in [-0.25, -0.2) is 0 Å². The first-order valence-corrected chi connectivity index (χ1v) is 18.2. The van der Waals surface area contributed by atoms with Crippen LogP contribution in [-0.2, 0) is 12.8 Å². The average molecular weight is 673 g/mol. The van der Waals surface area contributed by atoms with Crippen molar-refractivity contribution in [2.75, 3.05) is 9.80 Å². The van der Waals surface area contributed by atoms with Gasteiger partial charge in [-0.15, -0.1) is 0 Å². The Bertz CT molecular complexity index is 2070. The summed E-state index contributed by atoms with van der Waals surface area (Å²) in [5, 5.41) is 0. The van der Waals surface area contributed by atoms with Gasteiger partial charge >= 0.3 is 0 Å². The van der Waals surface area contributed by atoms with E-state index in [-0.39, 0.29) is 0 Å². The van der Waals surface area contributed by atoms with Gasteiger partial charge in [-0.3, -0.25) is 0 Å². The smallest absolute Gasteiger partial charge is 0.0493 e. The van der Waals surface area contributed by atoms with Gasteiger partial charge in [0.25, 0.3) is 0 Å². The highest BCUT2D eigenvalue weighted by atomic mass is 15.1. The summed E-state index contributed by atoms with van der Waals surface area (Å²) in [6.45, 7) is 4.43. The van der Waals surface area contributed by atoms with E-state index in [9.17, 15) is 0 Å². The lowest BCUT2D eigenvalue weighted by Gasteiger charge is -2.27. The topological polar surface area (TPSA) is 6.48 Å². The fourth-order valence-electron chi connectivity index (χ4n) is 6.64. The minimum Gasteiger partial charge on any atom is -0.310 e. The molecule has 0 aliphatic carbocycles. The third-order valence-electron chi connectivity index (χ3n) is 9.43. The molecule has 0 heterocycles. The van der Waals surface area contributed by atoms with Crippen LogP contribution in [0.3, 0.4) is 0 Å². The third kappa shape index (κ3) is 7.98.